The monoisotopic (exact) mass is 531 g/mol. The summed E-state index contributed by atoms with van der Waals surface area (Å²) in [6.45, 7) is 0.0989. The number of rotatable bonds is 14. The van der Waals surface area contributed by atoms with Gasteiger partial charge in [-0.1, -0.05) is 6.42 Å². The summed E-state index contributed by atoms with van der Waals surface area (Å²) in [5.41, 5.74) is 25.0. The van der Waals surface area contributed by atoms with E-state index in [1.807, 2.05) is 0 Å². The number of carboxylic acids is 6. The van der Waals surface area contributed by atoms with E-state index in [1.54, 1.807) is 0 Å². The number of hydrogen-bond acceptors (Lipinski definition) is 12. The Morgan fingerprint density at radius 1 is 0.556 bits per heavy atom. The topological polar surface area (TPSA) is 374 Å². The van der Waals surface area contributed by atoms with Crippen molar-refractivity contribution in [3.63, 3.8) is 0 Å². The van der Waals surface area contributed by atoms with E-state index in [0.29, 0.717) is 13.0 Å². The van der Waals surface area contributed by atoms with Gasteiger partial charge in [0.05, 0.1) is 13.0 Å². The van der Waals surface area contributed by atoms with Gasteiger partial charge in [0.15, 0.2) is 0 Å². The molecule has 0 aliphatic heterocycles. The second kappa shape index (κ2) is 24.7. The number of hydrogen-bond donors (Lipinski definition) is 12. The largest absolute Gasteiger partial charge is 0.481 e. The van der Waals surface area contributed by atoms with E-state index in [9.17, 15) is 28.8 Å². The zero-order valence-electron chi connectivity index (χ0n) is 19.4. The molecule has 17 N–H and O–H groups in total. The molecule has 0 fully saturated rings. The molecular formula is C18H37N5O13. The molecule has 0 aliphatic carbocycles. The highest BCUT2D eigenvalue weighted by Crippen LogP contribution is 1.97. The molecule has 0 aromatic heterocycles. The first-order valence-corrected chi connectivity index (χ1v) is 10.1. The van der Waals surface area contributed by atoms with Gasteiger partial charge in [-0.05, 0) is 25.8 Å². The highest BCUT2D eigenvalue weighted by molar-refractivity contribution is 5.80. The van der Waals surface area contributed by atoms with E-state index in [0.717, 1.165) is 12.8 Å². The Bertz CT molecular complexity index is 678. The van der Waals surface area contributed by atoms with Gasteiger partial charge in [0.25, 0.3) is 0 Å². The Morgan fingerprint density at radius 2 is 0.944 bits per heavy atom. The summed E-state index contributed by atoms with van der Waals surface area (Å²) in [4.78, 5) is 59.3. The van der Waals surface area contributed by atoms with E-state index in [1.165, 1.54) is 0 Å². The van der Waals surface area contributed by atoms with Gasteiger partial charge < -0.3 is 64.4 Å². The van der Waals surface area contributed by atoms with Crippen molar-refractivity contribution in [2.24, 2.45) is 28.7 Å². The van der Waals surface area contributed by atoms with Gasteiger partial charge >= 0.3 is 35.8 Å². The maximum Gasteiger partial charge on any atom is 0.322 e. The summed E-state index contributed by atoms with van der Waals surface area (Å²) in [5, 5.41) is 56.5. The van der Waals surface area contributed by atoms with Crippen LogP contribution in [0.2, 0.25) is 0 Å². The molecule has 0 bridgehead atoms. The van der Waals surface area contributed by atoms with E-state index in [2.05, 4.69) is 0 Å². The molecule has 18 heteroatoms. The summed E-state index contributed by atoms with van der Waals surface area (Å²) >= 11 is 0. The lowest BCUT2D eigenvalue weighted by molar-refractivity contribution is -0.144. The minimum absolute atomic E-state index is 0.0231. The van der Waals surface area contributed by atoms with Crippen molar-refractivity contribution in [2.45, 2.75) is 62.7 Å². The average Bonchev–Trinajstić information content (AvgIpc) is 2.77. The Hall–Kier alpha value is -3.42. The van der Waals surface area contributed by atoms with Crippen molar-refractivity contribution >= 4 is 35.8 Å². The lowest BCUT2D eigenvalue weighted by atomic mass is 10.1. The molecule has 4 atom stereocenters. The normalized spacial score (nSPS) is 12.8. The standard InChI is InChI=1S/C6H14N2O2.C5H9NO4.C4H7NO4.C3H7NO3/c7-4-2-1-3-5(8)6(9)10;6-3(5(9)10)1-2-4(7)8;5-2(4(8)9)1-3(6)7;4-2(1-5)3(6)7/h5H,1-4,7-8H2,(H,9,10);3H,1-2,6H2,(H,7,8)(H,9,10);2H,1,5H2,(H,6,7)(H,8,9);2,5H,1,4H2,(H,6,7)/t5-;3-;2*2-/m0000/s1. The Labute approximate surface area is 205 Å². The number of carboxylic acid groups (broad SMARTS) is 6. The Kier molecular flexibility index (Phi) is 27.3. The molecule has 0 spiro atoms. The number of nitrogens with two attached hydrogens (primary N) is 5. The molecule has 0 radical (unpaired) electrons. The van der Waals surface area contributed by atoms with Gasteiger partial charge in [0.2, 0.25) is 0 Å². The summed E-state index contributed by atoms with van der Waals surface area (Å²) in [6, 6.07) is -4.19. The lowest BCUT2D eigenvalue weighted by Gasteiger charge is -2.03. The summed E-state index contributed by atoms with van der Waals surface area (Å²) in [5.74, 6) is -6.81. The van der Waals surface area contributed by atoms with Gasteiger partial charge in [-0.25, -0.2) is 0 Å². The smallest absolute Gasteiger partial charge is 0.322 e. The molecule has 0 amide bonds. The van der Waals surface area contributed by atoms with Crippen molar-refractivity contribution in [3.8, 4) is 0 Å². The van der Waals surface area contributed by atoms with E-state index in [-0.39, 0.29) is 12.8 Å². The first kappa shape index (κ1) is 39.8. The zero-order valence-corrected chi connectivity index (χ0v) is 19.4. The lowest BCUT2D eigenvalue weighted by Crippen LogP contribution is -2.33. The van der Waals surface area contributed by atoms with Gasteiger partial charge in [-0.2, -0.15) is 0 Å². The molecule has 0 saturated heterocycles. The Morgan fingerprint density at radius 3 is 1.17 bits per heavy atom. The number of aliphatic carboxylic acids is 6. The molecule has 212 valence electrons. The molecule has 0 rings (SSSR count). The van der Waals surface area contributed by atoms with Crippen LogP contribution in [0, 0.1) is 0 Å². The van der Waals surface area contributed by atoms with Crippen LogP contribution in [0.15, 0.2) is 0 Å². The quantitative estimate of drug-likeness (QED) is 0.0950. The predicted molar refractivity (Wildman–Crippen MR) is 122 cm³/mol. The van der Waals surface area contributed by atoms with Gasteiger partial charge in [-0.3, -0.25) is 28.8 Å². The van der Waals surface area contributed by atoms with Crippen molar-refractivity contribution in [3.05, 3.63) is 0 Å². The summed E-state index contributed by atoms with van der Waals surface area (Å²) in [7, 11) is 0. The number of carbonyl (C=O) groups is 6. The number of aliphatic hydroxyl groups excluding tert-OH is 1. The van der Waals surface area contributed by atoms with E-state index < -0.39 is 73.0 Å². The molecule has 0 heterocycles. The fraction of sp³-hybridized carbons (Fsp3) is 0.667. The van der Waals surface area contributed by atoms with Gasteiger partial charge in [0.1, 0.15) is 24.2 Å². The third-order valence-corrected chi connectivity index (χ3v) is 3.50. The summed E-state index contributed by atoms with van der Waals surface area (Å²) < 4.78 is 0. The maximum atomic E-state index is 10.1. The number of unbranched alkanes of at least 4 members (excludes halogenated alkanes) is 1. The Balaban J connectivity index is -0.000000191. The first-order chi connectivity index (χ1) is 16.4. The van der Waals surface area contributed by atoms with Crippen LogP contribution >= 0.6 is 0 Å². The van der Waals surface area contributed by atoms with Crippen LogP contribution in [0.25, 0.3) is 0 Å². The minimum atomic E-state index is -1.29. The van der Waals surface area contributed by atoms with Crippen molar-refractivity contribution < 1.29 is 64.5 Å². The van der Waals surface area contributed by atoms with Gasteiger partial charge in [-0.15, -0.1) is 0 Å². The fourth-order valence-electron chi connectivity index (χ4n) is 1.39. The van der Waals surface area contributed by atoms with E-state index >= 15 is 0 Å². The molecule has 0 saturated carbocycles. The minimum Gasteiger partial charge on any atom is -0.481 e. The predicted octanol–water partition coefficient (Wildman–Crippen LogP) is -3.95. The van der Waals surface area contributed by atoms with Crippen LogP contribution in [0.5, 0.6) is 0 Å². The maximum absolute atomic E-state index is 10.1. The number of aliphatic hydroxyl groups is 1. The third kappa shape index (κ3) is 32.8. The first-order valence-electron chi connectivity index (χ1n) is 10.1. The average molecular weight is 532 g/mol. The highest BCUT2D eigenvalue weighted by Gasteiger charge is 2.14. The SMILES string of the molecule is NCCCC[C@H](N)C(=O)O.N[C@@H](CC(=O)O)C(=O)O.N[C@@H](CCC(=O)O)C(=O)O.N[C@@H](CO)C(=O)O. The van der Waals surface area contributed by atoms with Crippen molar-refractivity contribution in [2.75, 3.05) is 13.2 Å². The van der Waals surface area contributed by atoms with Gasteiger partial charge in [0, 0.05) is 6.42 Å². The second-order valence-electron chi connectivity index (χ2n) is 6.78. The van der Waals surface area contributed by atoms with Crippen LogP contribution in [0.4, 0.5) is 0 Å². The molecule has 0 aromatic rings. The summed E-state index contributed by atoms with van der Waals surface area (Å²) in [6.07, 6.45) is 1.41. The van der Waals surface area contributed by atoms with Crippen LogP contribution in [0.3, 0.4) is 0 Å². The molecule has 0 unspecified atom stereocenters. The van der Waals surface area contributed by atoms with Crippen molar-refractivity contribution in [1.29, 1.82) is 0 Å². The van der Waals surface area contributed by atoms with Crippen LogP contribution in [-0.2, 0) is 28.8 Å². The molecule has 36 heavy (non-hydrogen) atoms. The second-order valence-corrected chi connectivity index (χ2v) is 6.78. The molecule has 0 aliphatic rings. The molecule has 0 aromatic carbocycles. The highest BCUT2D eigenvalue weighted by atomic mass is 16.4. The van der Waals surface area contributed by atoms with Crippen LogP contribution < -0.4 is 28.7 Å². The van der Waals surface area contributed by atoms with Crippen LogP contribution in [0.1, 0.15) is 38.5 Å². The van der Waals surface area contributed by atoms with Crippen molar-refractivity contribution in [1.82, 2.24) is 0 Å². The molecule has 18 nitrogen and oxygen atoms in total. The molecular weight excluding hydrogens is 494 g/mol. The third-order valence-electron chi connectivity index (χ3n) is 3.50. The zero-order chi connectivity index (χ0) is 29.4. The fourth-order valence-corrected chi connectivity index (χ4v) is 1.39. The van der Waals surface area contributed by atoms with E-state index in [4.69, 9.17) is 64.4 Å². The van der Waals surface area contributed by atoms with Crippen LogP contribution in [-0.4, -0.2) is 109 Å².